The molecule has 0 rings (SSSR count). The van der Waals surface area contributed by atoms with Gasteiger partial charge < -0.3 is 0 Å². The minimum Gasteiger partial charge on any atom is -0.0776 e. The van der Waals surface area contributed by atoms with E-state index in [1.807, 2.05) is 0 Å². The first-order chi connectivity index (χ1) is 10.0. The molecular formula is CH32No4. The summed E-state index contributed by atoms with van der Waals surface area (Å²) in [5, 5.41) is 0. The van der Waals surface area contributed by atoms with Gasteiger partial charge in [0.1, 0.15) is 0 Å². The van der Waals surface area contributed by atoms with Gasteiger partial charge in [0.05, 0.1) is 0 Å². The largest absolute Gasteiger partial charge is 0.0776 e. The van der Waals surface area contributed by atoms with Crippen LogP contribution in [0.15, 0.2) is 0 Å². The predicted molar refractivity (Wildman–Crippen MR) is 36.3 cm³/mol. The van der Waals surface area contributed by atoms with Crippen molar-refractivity contribution in [1.82, 2.24) is 0 Å². The van der Waals surface area contributed by atoms with E-state index in [-0.39, 0.29) is 13.1 Å². The molecule has 0 nitrogen and oxygen atoms in total. The fourth-order valence-corrected chi connectivity index (χ4v) is 0. The smallest absolute Gasteiger partial charge is 0 e. The van der Waals surface area contributed by atoms with Gasteiger partial charge >= 0.3 is 0 Å². The van der Waals surface area contributed by atoms with Crippen molar-refractivity contribution in [3.63, 3.8) is 0 Å². The first-order valence-electron chi connectivity index (χ1n) is 10.0. The zero-order valence-corrected chi connectivity index (χ0v) is 9.97. The monoisotopic (exact) mass is 1130 g/mol. The fraction of sp³-hybridized carbons (Fsp3) is 1.00. The van der Waals surface area contributed by atoms with Crippen molar-refractivity contribution in [2.24, 2.45) is 0 Å². The molecule has 0 aromatic carbocycles. The Bertz CT molecular complexity index is 22.8. The van der Waals surface area contributed by atoms with E-state index in [9.17, 15) is 0 Å². The Morgan fingerprint density at radius 2 is 0.800 bits per heavy atom. The molecule has 0 aliphatic carbocycles. The van der Waals surface area contributed by atoms with Crippen molar-refractivity contribution in [1.29, 1.82) is 0 Å². The molecule has 0 unspecified atom stereocenters. The molecule has 0 atom stereocenters. The van der Waals surface area contributed by atoms with E-state index >= 15 is 0 Å². The van der Waals surface area contributed by atoms with Crippen LogP contribution in [0.5, 0.6) is 0 Å². The van der Waals surface area contributed by atoms with Gasteiger partial charge in [-0.25, -0.2) is 0 Å². The third-order valence-corrected chi connectivity index (χ3v) is 0. The minimum atomic E-state index is 0. The van der Waals surface area contributed by atoms with Crippen LogP contribution >= 0.6 is 0 Å². The Morgan fingerprint density at radius 3 is 0.800 bits per heavy atom. The molecule has 0 fully saturated rings. The predicted octanol–water partition coefficient (Wildman–Crippen LogP) is 4.08. The summed E-state index contributed by atoms with van der Waals surface area (Å²) in [7, 11) is 0. The van der Waals surface area contributed by atoms with Crippen molar-refractivity contribution < 1.29 is 35.4 Å². The third-order valence-electron chi connectivity index (χ3n) is 0. The quantitative estimate of drug-likeness (QED) is 0.344. The van der Waals surface area contributed by atoms with Crippen LogP contribution in [-0.2, 0) is 0 Å². The van der Waals surface area contributed by atoms with E-state index in [4.69, 9.17) is 29.7 Å². The van der Waals surface area contributed by atoms with Gasteiger partial charge in [-0.1, -0.05) is 7.43 Å². The van der Waals surface area contributed by atoms with Crippen LogP contribution < -0.4 is 0 Å². The molecule has 0 saturated carbocycles. The molecule has 92 valence electrons. The molecule has 0 saturated heterocycles. The maximum atomic E-state index is 5.00. The summed E-state index contributed by atoms with van der Waals surface area (Å²) in [6.07, 6.45) is 0. The summed E-state index contributed by atoms with van der Waals surface area (Å²) in [6, 6.07) is 0. The van der Waals surface area contributed by atoms with E-state index in [1.54, 1.807) is 0 Å². The molecule has 4 heteroatoms. The SMILES string of the molecule is C.[3HH].[3HH].[3HH].[3HH].[3H][3H].[3H][3H].[3H][3H].[3H][3H].[3H][3H].[3H][3H].[3H][3H].[3H][3H].[3H][3H].[3H][3H].[No].[No].[No].[No]. The van der Waals surface area contributed by atoms with Crippen LogP contribution in [0.3, 0.4) is 0 Å². The van der Waals surface area contributed by atoms with Gasteiger partial charge in [0.2, 0.25) is 0 Å². The Balaban J connectivity index is -0.00000000218. The first-order valence-corrected chi connectivity index (χ1v) is 0. The van der Waals surface area contributed by atoms with E-state index in [0.717, 1.165) is 0 Å². The van der Waals surface area contributed by atoms with Crippen LogP contribution in [0.25, 0.3) is 0 Å². The Hall–Kier alpha value is -4.00. The zero-order chi connectivity index (χ0) is 20.0. The molecular weight excluding hydrogens is 1050 g/mol. The molecule has 0 heterocycles. The van der Waals surface area contributed by atoms with E-state index in [0.29, 0.717) is 0 Å². The van der Waals surface area contributed by atoms with Crippen LogP contribution in [0.2, 0.25) is 0 Å². The molecule has 0 aromatic rings. The Kier molecular flexibility index (Phi) is 0. The van der Waals surface area contributed by atoms with Gasteiger partial charge in [-0.3, -0.25) is 0 Å². The second-order valence-corrected chi connectivity index (χ2v) is 0. The third kappa shape index (κ3) is 0. The average molecular weight is 1130 g/mol. The fourth-order valence-electron chi connectivity index (χ4n) is 0. The molecule has 0 aromatic heterocycles. The van der Waals surface area contributed by atoms with Crippen molar-refractivity contribution in [2.75, 3.05) is 0 Å². The Labute approximate surface area is 45.5 Å². The zero-order valence-electron chi connectivity index (χ0n) is 21.1. The number of rotatable bonds is 0. The standard InChI is InChI=1S/CH4.4No.14H2/h1H4;;;;;14*1H/i;;;;;10*1+2T;4*1+2. The summed E-state index contributed by atoms with van der Waals surface area (Å²) < 4.78 is 100. The van der Waals surface area contributed by atoms with Gasteiger partial charge in [0.25, 0.3) is 0 Å². The summed E-state index contributed by atoms with van der Waals surface area (Å²) in [4.78, 5) is 0. The number of hydrogen-bond donors (Lipinski definition) is 0. The van der Waals surface area contributed by atoms with Gasteiger partial charge in [-0.2, -0.15) is 0 Å². The maximum Gasteiger partial charge on any atom is 0 e. The van der Waals surface area contributed by atoms with Gasteiger partial charge in [-0.05, 0) is 0 Å². The Morgan fingerprint density at radius 1 is 0.800 bits per heavy atom. The second kappa shape index (κ2) is 0. The summed E-state index contributed by atoms with van der Waals surface area (Å²) in [5.41, 5.74) is 0. The van der Waals surface area contributed by atoms with Crippen molar-refractivity contribution >= 4 is 0 Å². The van der Waals surface area contributed by atoms with Crippen molar-refractivity contribution in [3.05, 3.63) is 0 Å². The van der Waals surface area contributed by atoms with Crippen molar-refractivity contribution in [2.45, 2.75) is 7.43 Å². The summed E-state index contributed by atoms with van der Waals surface area (Å²) in [5.74, 6) is 0. The molecule has 0 aliphatic heterocycles. The van der Waals surface area contributed by atoms with Gasteiger partial charge in [-0.15, -0.1) is 0 Å². The van der Waals surface area contributed by atoms with Crippen LogP contribution in [0.1, 0.15) is 42.8 Å². The topological polar surface area (TPSA) is 0 Å². The van der Waals surface area contributed by atoms with Crippen molar-refractivity contribution in [3.8, 4) is 0 Å². The summed E-state index contributed by atoms with van der Waals surface area (Å²) in [6.45, 7) is 0. The molecule has 0 bridgehead atoms. The van der Waals surface area contributed by atoms with Gasteiger partial charge in [0.15, 0.2) is 0 Å². The van der Waals surface area contributed by atoms with Crippen LogP contribution in [0, 0.1) is 0 Å². The maximum absolute atomic E-state index is 5.00. The van der Waals surface area contributed by atoms with Crippen LogP contribution in [0.4, 0.5) is 0 Å². The second-order valence-electron chi connectivity index (χ2n) is 0. The van der Waals surface area contributed by atoms with Gasteiger partial charge in [0, 0.05) is 35.4 Å². The molecule has 0 radical (unpaired) electrons. The molecule has 0 aliphatic rings. The minimum absolute atomic E-state index is 0. The number of hydrogen-bond acceptors (Lipinski definition) is 0. The van der Waals surface area contributed by atoms with E-state index < -0.39 is 0 Å². The van der Waals surface area contributed by atoms with E-state index in [1.165, 1.54) is 0 Å². The first kappa shape index (κ1) is 0. The molecule has 0 N–H and O–H groups in total. The molecule has 0 spiro atoms. The average Bonchev–Trinajstić information content (AvgIpc) is 2.71. The molecule has 5 heavy (non-hydrogen) atoms. The van der Waals surface area contributed by atoms with E-state index in [2.05, 4.69) is 0 Å². The summed E-state index contributed by atoms with van der Waals surface area (Å²) >= 11 is 0. The normalized spacial score (nSPS) is 16.0. The van der Waals surface area contributed by atoms with Crippen LogP contribution in [-0.4, -0.2) is 0 Å². The molecule has 0 amide bonds.